The summed E-state index contributed by atoms with van der Waals surface area (Å²) < 4.78 is 5.80. The molecule has 0 unspecified atom stereocenters. The van der Waals surface area contributed by atoms with Gasteiger partial charge in [-0.3, -0.25) is 14.5 Å². The van der Waals surface area contributed by atoms with Crippen LogP contribution in [0.4, 0.5) is 5.69 Å². The lowest BCUT2D eigenvalue weighted by atomic mass is 10.0. The molecule has 1 aromatic heterocycles. The topological polar surface area (TPSA) is 86.9 Å². The molecule has 3 heterocycles. The standard InChI is InChI=1S/C26H26N4O3/c31-25(22-14-13-19(33-22)17-30-15-7-2-8-16-30)29-24-26(32)27-21-12-6-5-11-20(21)23(28-24)18-9-3-1-4-10-18/h1,3-6,9-14,24H,2,7-8,15-17H2,(H,27,32)(H,29,31)/t24-/m1/s1. The van der Waals surface area contributed by atoms with E-state index < -0.39 is 18.0 Å². The number of nitrogens with zero attached hydrogens (tertiary/aromatic N) is 2. The van der Waals surface area contributed by atoms with Gasteiger partial charge in [0.15, 0.2) is 5.76 Å². The first-order valence-electron chi connectivity index (χ1n) is 11.3. The molecule has 168 valence electrons. The fourth-order valence-electron chi connectivity index (χ4n) is 4.30. The number of nitrogens with one attached hydrogen (secondary N) is 2. The summed E-state index contributed by atoms with van der Waals surface area (Å²) in [5.74, 6) is 0.0465. The zero-order chi connectivity index (χ0) is 22.6. The van der Waals surface area contributed by atoms with E-state index in [0.29, 0.717) is 17.9 Å². The quantitative estimate of drug-likeness (QED) is 0.629. The number of furan rings is 1. The van der Waals surface area contributed by atoms with Crippen LogP contribution < -0.4 is 10.6 Å². The van der Waals surface area contributed by atoms with Gasteiger partial charge in [-0.2, -0.15) is 0 Å². The molecule has 1 saturated heterocycles. The first kappa shape index (κ1) is 21.2. The van der Waals surface area contributed by atoms with Crippen molar-refractivity contribution in [1.82, 2.24) is 10.2 Å². The largest absolute Gasteiger partial charge is 0.455 e. The number of anilines is 1. The Bertz CT molecular complexity index is 1180. The van der Waals surface area contributed by atoms with Crippen molar-refractivity contribution >= 4 is 23.2 Å². The third-order valence-corrected chi connectivity index (χ3v) is 5.98. The number of fused-ring (bicyclic) bond motifs is 1. The van der Waals surface area contributed by atoms with Crippen molar-refractivity contribution in [3.05, 3.63) is 89.4 Å². The van der Waals surface area contributed by atoms with Gasteiger partial charge < -0.3 is 15.1 Å². The molecule has 1 fully saturated rings. The number of benzodiazepines with no additional fused rings is 1. The highest BCUT2D eigenvalue weighted by atomic mass is 16.4. The van der Waals surface area contributed by atoms with E-state index in [1.54, 1.807) is 6.07 Å². The van der Waals surface area contributed by atoms with Crippen molar-refractivity contribution in [3.63, 3.8) is 0 Å². The van der Waals surface area contributed by atoms with Crippen molar-refractivity contribution in [2.75, 3.05) is 18.4 Å². The van der Waals surface area contributed by atoms with Crippen LogP contribution in [0.15, 0.2) is 76.1 Å². The number of carbonyl (C=O) groups excluding carboxylic acids is 2. The maximum Gasteiger partial charge on any atom is 0.289 e. The Morgan fingerprint density at radius 2 is 1.76 bits per heavy atom. The van der Waals surface area contributed by atoms with Crippen LogP contribution in [0.1, 0.15) is 46.7 Å². The van der Waals surface area contributed by atoms with Crippen LogP contribution in [0.2, 0.25) is 0 Å². The van der Waals surface area contributed by atoms with Gasteiger partial charge in [-0.15, -0.1) is 0 Å². The molecule has 0 saturated carbocycles. The summed E-state index contributed by atoms with van der Waals surface area (Å²) >= 11 is 0. The number of hydrogen-bond acceptors (Lipinski definition) is 5. The van der Waals surface area contributed by atoms with Crippen molar-refractivity contribution < 1.29 is 14.0 Å². The molecule has 0 bridgehead atoms. The fourth-order valence-corrected chi connectivity index (χ4v) is 4.30. The van der Waals surface area contributed by atoms with Gasteiger partial charge in [-0.25, -0.2) is 4.99 Å². The molecule has 33 heavy (non-hydrogen) atoms. The lowest BCUT2D eigenvalue weighted by molar-refractivity contribution is -0.117. The van der Waals surface area contributed by atoms with Crippen LogP contribution in [0.25, 0.3) is 0 Å². The first-order chi connectivity index (χ1) is 16.2. The number of aliphatic imine (C=N–C) groups is 1. The zero-order valence-corrected chi connectivity index (χ0v) is 18.3. The summed E-state index contributed by atoms with van der Waals surface area (Å²) in [6.45, 7) is 2.77. The molecule has 2 aromatic carbocycles. The van der Waals surface area contributed by atoms with E-state index in [1.165, 1.54) is 19.3 Å². The molecular formula is C26H26N4O3. The zero-order valence-electron chi connectivity index (χ0n) is 18.3. The molecule has 2 aliphatic rings. The molecular weight excluding hydrogens is 416 g/mol. The Kier molecular flexibility index (Phi) is 6.04. The summed E-state index contributed by atoms with van der Waals surface area (Å²) in [5, 5.41) is 5.61. The molecule has 2 aliphatic heterocycles. The molecule has 7 heteroatoms. The van der Waals surface area contributed by atoms with Crippen LogP contribution >= 0.6 is 0 Å². The average Bonchev–Trinajstić information content (AvgIpc) is 3.26. The van der Waals surface area contributed by atoms with Crippen LogP contribution in [0, 0.1) is 0 Å². The third-order valence-electron chi connectivity index (χ3n) is 5.98. The van der Waals surface area contributed by atoms with Crippen LogP contribution in [0.5, 0.6) is 0 Å². The van der Waals surface area contributed by atoms with Crippen molar-refractivity contribution in [3.8, 4) is 0 Å². The fraction of sp³-hybridized carbons (Fsp3) is 0.269. The first-order valence-corrected chi connectivity index (χ1v) is 11.3. The Morgan fingerprint density at radius 3 is 2.58 bits per heavy atom. The van der Waals surface area contributed by atoms with Gasteiger partial charge in [0, 0.05) is 11.1 Å². The average molecular weight is 443 g/mol. The van der Waals surface area contributed by atoms with Crippen LogP contribution in [-0.4, -0.2) is 41.7 Å². The number of para-hydroxylation sites is 1. The Labute approximate surface area is 192 Å². The van der Waals surface area contributed by atoms with Gasteiger partial charge >= 0.3 is 0 Å². The third kappa shape index (κ3) is 4.73. The predicted octanol–water partition coefficient (Wildman–Crippen LogP) is 3.81. The van der Waals surface area contributed by atoms with E-state index in [1.807, 2.05) is 60.7 Å². The number of hydrogen-bond donors (Lipinski definition) is 2. The number of piperidine rings is 1. The summed E-state index contributed by atoms with van der Waals surface area (Å²) in [6, 6.07) is 20.6. The molecule has 7 nitrogen and oxygen atoms in total. The monoisotopic (exact) mass is 442 g/mol. The van der Waals surface area contributed by atoms with Crippen molar-refractivity contribution in [1.29, 1.82) is 0 Å². The normalized spacial score (nSPS) is 18.6. The lowest BCUT2D eigenvalue weighted by Crippen LogP contribution is -2.42. The van der Waals surface area contributed by atoms with Crippen LogP contribution in [-0.2, 0) is 11.3 Å². The second-order valence-corrected chi connectivity index (χ2v) is 8.36. The number of rotatable bonds is 5. The van der Waals surface area contributed by atoms with Crippen LogP contribution in [0.3, 0.4) is 0 Å². The van der Waals surface area contributed by atoms with Gasteiger partial charge in [0.25, 0.3) is 11.8 Å². The van der Waals surface area contributed by atoms with Gasteiger partial charge in [0.05, 0.1) is 17.9 Å². The molecule has 0 spiro atoms. The highest BCUT2D eigenvalue weighted by molar-refractivity contribution is 6.20. The molecule has 5 rings (SSSR count). The molecule has 3 aromatic rings. The van der Waals surface area contributed by atoms with Crippen molar-refractivity contribution in [2.45, 2.75) is 32.0 Å². The summed E-state index contributed by atoms with van der Waals surface area (Å²) in [5.41, 5.74) is 2.96. The number of benzene rings is 2. The summed E-state index contributed by atoms with van der Waals surface area (Å²) in [4.78, 5) is 32.8. The minimum atomic E-state index is -1.09. The Hall–Kier alpha value is -3.71. The Balaban J connectivity index is 1.37. The van der Waals surface area contributed by atoms with E-state index in [-0.39, 0.29) is 5.76 Å². The smallest absolute Gasteiger partial charge is 0.289 e. The second kappa shape index (κ2) is 9.42. The molecule has 0 aliphatic carbocycles. The molecule has 2 N–H and O–H groups in total. The predicted molar refractivity (Wildman–Crippen MR) is 126 cm³/mol. The lowest BCUT2D eigenvalue weighted by Gasteiger charge is -2.25. The minimum absolute atomic E-state index is 0.174. The highest BCUT2D eigenvalue weighted by Crippen LogP contribution is 2.24. The van der Waals surface area contributed by atoms with E-state index in [4.69, 9.17) is 4.42 Å². The van der Waals surface area contributed by atoms with Gasteiger partial charge in [0.1, 0.15) is 5.76 Å². The number of amides is 2. The second-order valence-electron chi connectivity index (χ2n) is 8.36. The maximum absolute atomic E-state index is 12.9. The van der Waals surface area contributed by atoms with Gasteiger partial charge in [0.2, 0.25) is 6.17 Å². The Morgan fingerprint density at radius 1 is 1.00 bits per heavy atom. The van der Waals surface area contributed by atoms with Crippen molar-refractivity contribution in [2.24, 2.45) is 4.99 Å². The molecule has 1 atom stereocenters. The van der Waals surface area contributed by atoms with E-state index >= 15 is 0 Å². The maximum atomic E-state index is 12.9. The summed E-state index contributed by atoms with van der Waals surface area (Å²) in [6.07, 6.45) is 2.56. The van der Waals surface area contributed by atoms with E-state index in [9.17, 15) is 9.59 Å². The number of likely N-dealkylation sites (tertiary alicyclic amines) is 1. The number of carbonyl (C=O) groups is 2. The van der Waals surface area contributed by atoms with E-state index in [2.05, 4.69) is 20.5 Å². The van der Waals surface area contributed by atoms with Gasteiger partial charge in [-0.05, 0) is 44.1 Å². The molecule has 2 amide bonds. The summed E-state index contributed by atoms with van der Waals surface area (Å²) in [7, 11) is 0. The molecule has 0 radical (unpaired) electrons. The minimum Gasteiger partial charge on any atom is -0.455 e. The highest BCUT2D eigenvalue weighted by Gasteiger charge is 2.28. The van der Waals surface area contributed by atoms with E-state index in [0.717, 1.165) is 30.0 Å². The van der Waals surface area contributed by atoms with Gasteiger partial charge in [-0.1, -0.05) is 55.0 Å². The SMILES string of the molecule is O=C(N[C@H]1N=C(c2ccccc2)c2ccccc2NC1=O)c1ccc(CN2CCCCC2)o1.